The van der Waals surface area contributed by atoms with Gasteiger partial charge in [-0.25, -0.2) is 9.18 Å². The van der Waals surface area contributed by atoms with E-state index in [1.807, 2.05) is 44.2 Å². The molecule has 1 aliphatic heterocycles. The van der Waals surface area contributed by atoms with Gasteiger partial charge in [0.15, 0.2) is 0 Å². The minimum absolute atomic E-state index is 0.154. The summed E-state index contributed by atoms with van der Waals surface area (Å²) < 4.78 is 18.6. The fourth-order valence-corrected chi connectivity index (χ4v) is 4.77. The van der Waals surface area contributed by atoms with Crippen LogP contribution in [0.5, 0.6) is 0 Å². The number of benzene rings is 2. The molecule has 0 saturated carbocycles. The second-order valence-corrected chi connectivity index (χ2v) is 12.1. The Hall–Kier alpha value is -3.95. The lowest BCUT2D eigenvalue weighted by molar-refractivity contribution is -0.138. The van der Waals surface area contributed by atoms with Crippen LogP contribution in [0.15, 0.2) is 54.6 Å². The van der Waals surface area contributed by atoms with Crippen molar-refractivity contribution in [3.05, 3.63) is 71.5 Å². The first kappa shape index (κ1) is 32.6. The average Bonchev–Trinajstić information content (AvgIpc) is 2.94. The second-order valence-electron chi connectivity index (χ2n) is 12.1. The molecule has 10 heteroatoms. The number of nitrogens with zero attached hydrogens (tertiary/aromatic N) is 1. The van der Waals surface area contributed by atoms with Gasteiger partial charge in [0, 0.05) is 32.0 Å². The van der Waals surface area contributed by atoms with Crippen LogP contribution in [-0.4, -0.2) is 59.5 Å². The maximum Gasteiger partial charge on any atom is 0.408 e. The number of alkyl carbamates (subject to hydrolysis) is 1. The van der Waals surface area contributed by atoms with Crippen LogP contribution < -0.4 is 16.0 Å². The highest BCUT2D eigenvalue weighted by molar-refractivity contribution is 5.89. The highest BCUT2D eigenvalue weighted by atomic mass is 19.1. The zero-order chi connectivity index (χ0) is 30.9. The van der Waals surface area contributed by atoms with E-state index in [0.717, 1.165) is 11.1 Å². The van der Waals surface area contributed by atoms with E-state index < -0.39 is 23.8 Å². The smallest absolute Gasteiger partial charge is 0.408 e. The van der Waals surface area contributed by atoms with Crippen molar-refractivity contribution in [2.45, 2.75) is 78.1 Å². The molecule has 1 heterocycles. The predicted octanol–water partition coefficient (Wildman–Crippen LogP) is 3.96. The minimum Gasteiger partial charge on any atom is -0.444 e. The van der Waals surface area contributed by atoms with Gasteiger partial charge in [-0.15, -0.1) is 0 Å². The van der Waals surface area contributed by atoms with Crippen molar-refractivity contribution in [3.8, 4) is 0 Å². The van der Waals surface area contributed by atoms with E-state index in [9.17, 15) is 23.6 Å². The molecule has 3 N–H and O–H groups in total. The highest BCUT2D eigenvalue weighted by Gasteiger charge is 2.35. The molecule has 2 aromatic carbocycles. The molecule has 3 rings (SSSR count). The molecule has 9 nitrogen and oxygen atoms in total. The molecule has 0 radical (unpaired) electrons. The maximum atomic E-state index is 13.3. The Morgan fingerprint density at radius 3 is 2.12 bits per heavy atom. The number of amides is 4. The predicted molar refractivity (Wildman–Crippen MR) is 158 cm³/mol. The number of carbonyl (C=O) groups excluding carboxylic acids is 4. The lowest BCUT2D eigenvalue weighted by Crippen LogP contribution is -2.55. The van der Waals surface area contributed by atoms with Crippen molar-refractivity contribution in [3.63, 3.8) is 0 Å². The summed E-state index contributed by atoms with van der Waals surface area (Å²) in [4.78, 5) is 53.7. The van der Waals surface area contributed by atoms with Gasteiger partial charge in [0.05, 0.1) is 0 Å². The van der Waals surface area contributed by atoms with E-state index >= 15 is 0 Å². The zero-order valence-electron chi connectivity index (χ0n) is 25.1. The summed E-state index contributed by atoms with van der Waals surface area (Å²) in [5.41, 5.74) is 0.959. The Bertz CT molecular complexity index is 1210. The summed E-state index contributed by atoms with van der Waals surface area (Å²) in [6.45, 7) is 9.90. The Morgan fingerprint density at radius 2 is 1.55 bits per heavy atom. The number of hydrogen-bond acceptors (Lipinski definition) is 5. The van der Waals surface area contributed by atoms with Gasteiger partial charge >= 0.3 is 6.09 Å². The van der Waals surface area contributed by atoms with Gasteiger partial charge in [0.25, 0.3) is 0 Å². The molecule has 2 aromatic rings. The van der Waals surface area contributed by atoms with Crippen LogP contribution in [0.2, 0.25) is 0 Å². The molecule has 2 atom stereocenters. The normalized spacial score (nSPS) is 15.5. The van der Waals surface area contributed by atoms with Crippen LogP contribution in [-0.2, 0) is 32.1 Å². The number of likely N-dealkylation sites (tertiary alicyclic amines) is 1. The molecule has 1 aliphatic rings. The largest absolute Gasteiger partial charge is 0.444 e. The summed E-state index contributed by atoms with van der Waals surface area (Å²) >= 11 is 0. The first-order chi connectivity index (χ1) is 19.8. The van der Waals surface area contributed by atoms with Gasteiger partial charge in [-0.1, -0.05) is 56.3 Å². The molecule has 0 aromatic heterocycles. The van der Waals surface area contributed by atoms with Gasteiger partial charge in [0.1, 0.15) is 23.5 Å². The van der Waals surface area contributed by atoms with Crippen LogP contribution >= 0.6 is 0 Å². The van der Waals surface area contributed by atoms with Gasteiger partial charge in [-0.05, 0) is 62.8 Å². The standard InChI is InChI=1S/C32H43FN4O5/c1-21(2)27(36-31(41)42-32(3,4)5)30(40)37-17-15-24(16-18-37)28(38)35-26(19-22-9-7-6-8-10-22)29(39)34-20-23-11-13-25(33)14-12-23/h6-14,21,24,26-27H,15-20H2,1-5H3,(H,34,39)(H,35,38)(H,36,41)/t26-,27+/m1/s1. The molecular formula is C32H43FN4O5. The number of halogens is 1. The molecule has 0 unspecified atom stereocenters. The summed E-state index contributed by atoms with van der Waals surface area (Å²) in [7, 11) is 0. The molecule has 228 valence electrons. The summed E-state index contributed by atoms with van der Waals surface area (Å²) in [6.07, 6.45) is 0.533. The van der Waals surface area contributed by atoms with Gasteiger partial charge in [0.2, 0.25) is 17.7 Å². The Morgan fingerprint density at radius 1 is 0.929 bits per heavy atom. The Kier molecular flexibility index (Phi) is 11.5. The van der Waals surface area contributed by atoms with Crippen LogP contribution in [0.3, 0.4) is 0 Å². The maximum absolute atomic E-state index is 13.3. The average molecular weight is 583 g/mol. The number of carbonyl (C=O) groups is 4. The van der Waals surface area contributed by atoms with Crippen molar-refractivity contribution in [2.24, 2.45) is 11.8 Å². The summed E-state index contributed by atoms with van der Waals surface area (Å²) in [5.74, 6) is -1.67. The molecule has 1 fully saturated rings. The monoisotopic (exact) mass is 582 g/mol. The number of piperidine rings is 1. The first-order valence-electron chi connectivity index (χ1n) is 14.5. The van der Waals surface area contributed by atoms with Crippen molar-refractivity contribution >= 4 is 23.8 Å². The van der Waals surface area contributed by atoms with Gasteiger partial charge in [-0.3, -0.25) is 14.4 Å². The fraction of sp³-hybridized carbons (Fsp3) is 0.500. The van der Waals surface area contributed by atoms with Crippen molar-refractivity contribution < 1.29 is 28.3 Å². The van der Waals surface area contributed by atoms with Crippen molar-refractivity contribution in [1.29, 1.82) is 0 Å². The third-order valence-electron chi connectivity index (χ3n) is 7.08. The Balaban J connectivity index is 1.59. The molecular weight excluding hydrogens is 539 g/mol. The van der Waals surface area contributed by atoms with Gasteiger partial charge in [-0.2, -0.15) is 0 Å². The molecule has 42 heavy (non-hydrogen) atoms. The lowest BCUT2D eigenvalue weighted by Gasteiger charge is -2.35. The molecule has 1 saturated heterocycles. The summed E-state index contributed by atoms with van der Waals surface area (Å²) in [5, 5.41) is 8.47. The number of nitrogens with one attached hydrogen (secondary N) is 3. The number of ether oxygens (including phenoxy) is 1. The van der Waals surface area contributed by atoms with E-state index in [2.05, 4.69) is 16.0 Å². The third-order valence-corrected chi connectivity index (χ3v) is 7.08. The first-order valence-corrected chi connectivity index (χ1v) is 14.5. The number of hydrogen-bond donors (Lipinski definition) is 3. The highest BCUT2D eigenvalue weighted by Crippen LogP contribution is 2.20. The summed E-state index contributed by atoms with van der Waals surface area (Å²) in [6, 6.07) is 13.7. The van der Waals surface area contributed by atoms with E-state index in [1.165, 1.54) is 12.1 Å². The topological polar surface area (TPSA) is 117 Å². The fourth-order valence-electron chi connectivity index (χ4n) is 4.77. The SMILES string of the molecule is CC(C)[C@H](NC(=O)OC(C)(C)C)C(=O)N1CCC(C(=O)N[C@H](Cc2ccccc2)C(=O)NCc2ccc(F)cc2)CC1. The van der Waals surface area contributed by atoms with Crippen LogP contribution in [0.4, 0.5) is 9.18 Å². The lowest BCUT2D eigenvalue weighted by atomic mass is 9.93. The van der Waals surface area contributed by atoms with E-state index in [4.69, 9.17) is 4.74 Å². The molecule has 0 spiro atoms. The molecule has 0 aliphatic carbocycles. The minimum atomic E-state index is -0.802. The van der Waals surface area contributed by atoms with Crippen molar-refractivity contribution in [1.82, 2.24) is 20.9 Å². The number of rotatable bonds is 10. The van der Waals surface area contributed by atoms with Crippen LogP contribution in [0.25, 0.3) is 0 Å². The van der Waals surface area contributed by atoms with Crippen molar-refractivity contribution in [2.75, 3.05) is 13.1 Å². The Labute approximate surface area is 247 Å². The van der Waals surface area contributed by atoms with Crippen LogP contribution in [0.1, 0.15) is 58.6 Å². The zero-order valence-corrected chi connectivity index (χ0v) is 25.1. The molecule has 4 amide bonds. The van der Waals surface area contributed by atoms with E-state index in [0.29, 0.717) is 32.4 Å². The van der Waals surface area contributed by atoms with Crippen LogP contribution in [0, 0.1) is 17.7 Å². The third kappa shape index (κ3) is 10.2. The second kappa shape index (κ2) is 14.8. The van der Waals surface area contributed by atoms with E-state index in [1.54, 1.807) is 37.8 Å². The van der Waals surface area contributed by atoms with Gasteiger partial charge < -0.3 is 25.6 Å². The van der Waals surface area contributed by atoms with E-state index in [-0.39, 0.29) is 41.9 Å². The molecule has 0 bridgehead atoms. The quantitative estimate of drug-likeness (QED) is 0.392.